The van der Waals surface area contributed by atoms with Crippen molar-refractivity contribution in [2.24, 2.45) is 5.92 Å². The highest BCUT2D eigenvalue weighted by molar-refractivity contribution is 5.02. The Kier molecular flexibility index (Phi) is 5.00. The molecule has 104 valence electrons. The molecule has 0 saturated carbocycles. The van der Waals surface area contributed by atoms with Crippen molar-refractivity contribution < 1.29 is 13.2 Å². The summed E-state index contributed by atoms with van der Waals surface area (Å²) in [6.07, 6.45) is -2.49. The van der Waals surface area contributed by atoms with E-state index in [1.165, 1.54) is 0 Å². The zero-order valence-electron chi connectivity index (χ0n) is 10.8. The van der Waals surface area contributed by atoms with E-state index in [-0.39, 0.29) is 13.0 Å². The largest absolute Gasteiger partial charge is 0.393 e. The van der Waals surface area contributed by atoms with Gasteiger partial charge >= 0.3 is 6.18 Å². The molecule has 0 bridgehead atoms. The molecule has 1 saturated heterocycles. The van der Waals surface area contributed by atoms with Gasteiger partial charge in [-0.3, -0.25) is 0 Å². The van der Waals surface area contributed by atoms with E-state index < -0.39 is 17.6 Å². The summed E-state index contributed by atoms with van der Waals surface area (Å²) in [5.41, 5.74) is -0.580. The maximum absolute atomic E-state index is 12.5. The Labute approximate surface area is 106 Å². The van der Waals surface area contributed by atoms with Crippen LogP contribution in [0.2, 0.25) is 0 Å². The van der Waals surface area contributed by atoms with Crippen molar-refractivity contribution in [2.75, 3.05) is 26.7 Å². The van der Waals surface area contributed by atoms with Gasteiger partial charge < -0.3 is 10.2 Å². The van der Waals surface area contributed by atoms with Crippen LogP contribution < -0.4 is 5.32 Å². The second-order valence-corrected chi connectivity index (χ2v) is 5.13. The summed E-state index contributed by atoms with van der Waals surface area (Å²) >= 11 is 0. The third kappa shape index (κ3) is 4.14. The molecule has 1 aliphatic rings. The summed E-state index contributed by atoms with van der Waals surface area (Å²) < 4.78 is 37.4. The fourth-order valence-corrected chi connectivity index (χ4v) is 2.20. The van der Waals surface area contributed by atoms with Crippen LogP contribution in [0.1, 0.15) is 26.2 Å². The zero-order chi connectivity index (χ0) is 13.8. The number of nitrogens with one attached hydrogen (secondary N) is 1. The van der Waals surface area contributed by atoms with Crippen LogP contribution in [0.25, 0.3) is 0 Å². The minimum absolute atomic E-state index is 0.103. The first-order valence-corrected chi connectivity index (χ1v) is 6.20. The van der Waals surface area contributed by atoms with E-state index in [1.54, 1.807) is 14.0 Å². The smallest absolute Gasteiger partial charge is 0.303 e. The van der Waals surface area contributed by atoms with Crippen molar-refractivity contribution in [1.29, 1.82) is 5.26 Å². The second kappa shape index (κ2) is 5.89. The first-order valence-electron chi connectivity index (χ1n) is 6.20. The van der Waals surface area contributed by atoms with Crippen LogP contribution in [0, 0.1) is 17.2 Å². The molecule has 0 aromatic carbocycles. The Hall–Kier alpha value is -0.800. The number of halogens is 3. The third-order valence-electron chi connectivity index (χ3n) is 3.68. The highest BCUT2D eigenvalue weighted by atomic mass is 19.4. The second-order valence-electron chi connectivity index (χ2n) is 5.13. The first kappa shape index (κ1) is 15.3. The molecule has 0 spiro atoms. The predicted octanol–water partition coefficient (Wildman–Crippen LogP) is 2.15. The van der Waals surface area contributed by atoms with Crippen LogP contribution in [-0.4, -0.2) is 43.3 Å². The van der Waals surface area contributed by atoms with E-state index in [2.05, 4.69) is 11.4 Å². The highest BCUT2D eigenvalue weighted by Gasteiger charge is 2.43. The van der Waals surface area contributed by atoms with Gasteiger partial charge in [-0.25, -0.2) is 0 Å². The first-order chi connectivity index (χ1) is 8.30. The Morgan fingerprint density at radius 2 is 2.11 bits per heavy atom. The molecule has 0 aromatic rings. The summed E-state index contributed by atoms with van der Waals surface area (Å²) in [7, 11) is 1.72. The Bertz CT molecular complexity index is 311. The standard InChI is InChI=1S/C12H20F3N3/c1-11(9-16,17-2)5-3-6-18-7-4-10(8-18)12(13,14)15/h10,17H,3-8H2,1-2H3. The lowest BCUT2D eigenvalue weighted by molar-refractivity contribution is -0.170. The fraction of sp³-hybridized carbons (Fsp3) is 0.917. The summed E-state index contributed by atoms with van der Waals surface area (Å²) in [5.74, 6) is -1.18. The molecule has 6 heteroatoms. The molecule has 1 heterocycles. The Balaban J connectivity index is 2.29. The zero-order valence-corrected chi connectivity index (χ0v) is 10.8. The third-order valence-corrected chi connectivity index (χ3v) is 3.68. The van der Waals surface area contributed by atoms with Crippen LogP contribution in [-0.2, 0) is 0 Å². The van der Waals surface area contributed by atoms with Crippen LogP contribution in [0.15, 0.2) is 0 Å². The molecule has 2 atom stereocenters. The molecular weight excluding hydrogens is 243 g/mol. The van der Waals surface area contributed by atoms with Gasteiger partial charge in [0.05, 0.1) is 12.0 Å². The molecule has 0 aromatic heterocycles. The SMILES string of the molecule is CNC(C)(C#N)CCCN1CCC(C(F)(F)F)C1. The number of alkyl halides is 3. The molecule has 1 fully saturated rings. The molecule has 18 heavy (non-hydrogen) atoms. The lowest BCUT2D eigenvalue weighted by atomic mass is 9.98. The maximum atomic E-state index is 12.5. The van der Waals surface area contributed by atoms with Crippen molar-refractivity contribution in [2.45, 2.75) is 37.9 Å². The van der Waals surface area contributed by atoms with Gasteiger partial charge in [-0.2, -0.15) is 18.4 Å². The van der Waals surface area contributed by atoms with Crippen molar-refractivity contribution in [3.05, 3.63) is 0 Å². The molecule has 2 unspecified atom stereocenters. The predicted molar refractivity (Wildman–Crippen MR) is 62.9 cm³/mol. The average molecular weight is 263 g/mol. The van der Waals surface area contributed by atoms with Crippen molar-refractivity contribution in [1.82, 2.24) is 10.2 Å². The lowest BCUT2D eigenvalue weighted by Crippen LogP contribution is -2.38. The van der Waals surface area contributed by atoms with Crippen LogP contribution in [0.4, 0.5) is 13.2 Å². The topological polar surface area (TPSA) is 39.1 Å². The van der Waals surface area contributed by atoms with Gasteiger partial charge in [-0.1, -0.05) is 0 Å². The molecule has 3 nitrogen and oxygen atoms in total. The molecule has 1 aliphatic heterocycles. The van der Waals surface area contributed by atoms with E-state index in [9.17, 15) is 13.2 Å². The van der Waals surface area contributed by atoms with Crippen molar-refractivity contribution >= 4 is 0 Å². The minimum atomic E-state index is -4.07. The molecule has 0 aliphatic carbocycles. The van der Waals surface area contributed by atoms with Gasteiger partial charge in [0.1, 0.15) is 5.54 Å². The van der Waals surface area contributed by atoms with Gasteiger partial charge in [0, 0.05) is 6.54 Å². The number of rotatable bonds is 5. The Morgan fingerprint density at radius 3 is 2.56 bits per heavy atom. The molecule has 0 amide bonds. The lowest BCUT2D eigenvalue weighted by Gasteiger charge is -2.23. The maximum Gasteiger partial charge on any atom is 0.393 e. The van der Waals surface area contributed by atoms with Crippen LogP contribution >= 0.6 is 0 Å². The van der Waals surface area contributed by atoms with E-state index in [0.717, 1.165) is 6.42 Å². The minimum Gasteiger partial charge on any atom is -0.303 e. The fourth-order valence-electron chi connectivity index (χ4n) is 2.20. The molecule has 0 radical (unpaired) electrons. The van der Waals surface area contributed by atoms with Gasteiger partial charge in [0.25, 0.3) is 0 Å². The van der Waals surface area contributed by atoms with Gasteiger partial charge in [-0.15, -0.1) is 0 Å². The molecule has 1 rings (SSSR count). The summed E-state index contributed by atoms with van der Waals surface area (Å²) in [6, 6.07) is 2.18. The number of hydrogen-bond donors (Lipinski definition) is 1. The molecule has 1 N–H and O–H groups in total. The van der Waals surface area contributed by atoms with E-state index >= 15 is 0 Å². The number of nitriles is 1. The quantitative estimate of drug-likeness (QED) is 0.826. The summed E-state index contributed by atoms with van der Waals surface area (Å²) in [5, 5.41) is 11.9. The average Bonchev–Trinajstić information content (AvgIpc) is 2.77. The van der Waals surface area contributed by atoms with Gasteiger partial charge in [0.2, 0.25) is 0 Å². The van der Waals surface area contributed by atoms with E-state index in [1.807, 2.05) is 4.90 Å². The molecular formula is C12H20F3N3. The van der Waals surface area contributed by atoms with Crippen molar-refractivity contribution in [3.8, 4) is 6.07 Å². The van der Waals surface area contributed by atoms with E-state index in [4.69, 9.17) is 5.26 Å². The van der Waals surface area contributed by atoms with Crippen LogP contribution in [0.5, 0.6) is 0 Å². The number of hydrogen-bond acceptors (Lipinski definition) is 3. The normalized spacial score (nSPS) is 24.8. The summed E-state index contributed by atoms with van der Waals surface area (Å²) in [6.45, 7) is 3.04. The summed E-state index contributed by atoms with van der Waals surface area (Å²) in [4.78, 5) is 1.84. The van der Waals surface area contributed by atoms with Crippen LogP contribution in [0.3, 0.4) is 0 Å². The number of nitrogens with zero attached hydrogens (tertiary/aromatic N) is 2. The van der Waals surface area contributed by atoms with Crippen molar-refractivity contribution in [3.63, 3.8) is 0 Å². The Morgan fingerprint density at radius 1 is 1.44 bits per heavy atom. The number of likely N-dealkylation sites (tertiary alicyclic amines) is 1. The highest BCUT2D eigenvalue weighted by Crippen LogP contribution is 2.33. The monoisotopic (exact) mass is 263 g/mol. The van der Waals surface area contributed by atoms with Gasteiger partial charge in [0.15, 0.2) is 0 Å². The van der Waals surface area contributed by atoms with Gasteiger partial charge in [-0.05, 0) is 46.3 Å². The van der Waals surface area contributed by atoms with E-state index in [0.29, 0.717) is 19.5 Å².